The van der Waals surface area contributed by atoms with E-state index in [1.807, 2.05) is 47.0 Å². The second kappa shape index (κ2) is 16.8. The van der Waals surface area contributed by atoms with Gasteiger partial charge in [0, 0.05) is 28.7 Å². The van der Waals surface area contributed by atoms with Crippen LogP contribution in [0.1, 0.15) is 55.0 Å². The summed E-state index contributed by atoms with van der Waals surface area (Å²) in [6.45, 7) is 5.05. The van der Waals surface area contributed by atoms with Crippen LogP contribution in [-0.2, 0) is 17.8 Å². The van der Waals surface area contributed by atoms with Crippen LogP contribution < -0.4 is 10.1 Å². The van der Waals surface area contributed by atoms with Crippen molar-refractivity contribution in [1.29, 1.82) is 5.26 Å². The molecule has 45 heavy (non-hydrogen) atoms. The number of nitriles is 1. The summed E-state index contributed by atoms with van der Waals surface area (Å²) in [6.07, 6.45) is 5.20. The van der Waals surface area contributed by atoms with Crippen molar-refractivity contribution in [3.8, 4) is 6.07 Å². The molecule has 3 amide bonds. The van der Waals surface area contributed by atoms with E-state index < -0.39 is 17.9 Å². The first-order chi connectivity index (χ1) is 21.7. The molecule has 0 radical (unpaired) electrons. The molecule has 1 aromatic heterocycles. The van der Waals surface area contributed by atoms with Crippen LogP contribution in [0, 0.1) is 17.2 Å². The number of imide groups is 1. The zero-order chi connectivity index (χ0) is 32.3. The fraction of sp³-hybridized carbons (Fsp3) is 0.273. The number of hydrogen-bond acceptors (Lipinski definition) is 6. The lowest BCUT2D eigenvalue weighted by molar-refractivity contribution is -0.132. The fourth-order valence-corrected chi connectivity index (χ4v) is 6.11. The molecule has 12 heteroatoms. The lowest BCUT2D eigenvalue weighted by Gasteiger charge is -2.28. The molecule has 2 atom stereocenters. The van der Waals surface area contributed by atoms with Crippen LogP contribution in [0.4, 0.5) is 4.79 Å². The average Bonchev–Trinajstić information content (AvgIpc) is 3.50. The summed E-state index contributed by atoms with van der Waals surface area (Å²) < 4.78 is 5.50. The Hall–Kier alpha value is -3.33. The highest BCUT2D eigenvalue weighted by Gasteiger charge is 2.33. The Morgan fingerprint density at radius 3 is 2.58 bits per heavy atom. The maximum absolute atomic E-state index is 14.5. The van der Waals surface area contributed by atoms with Crippen LogP contribution >= 0.6 is 51.1 Å². The molecule has 0 saturated carbocycles. The van der Waals surface area contributed by atoms with Crippen molar-refractivity contribution in [2.75, 3.05) is 6.54 Å². The first-order valence-corrected chi connectivity index (χ1v) is 16.8. The number of nitrogens with one attached hydrogen (secondary N) is 2. The van der Waals surface area contributed by atoms with Gasteiger partial charge in [0.05, 0.1) is 39.6 Å². The van der Waals surface area contributed by atoms with Crippen molar-refractivity contribution in [3.63, 3.8) is 0 Å². The van der Waals surface area contributed by atoms with Crippen LogP contribution in [0.3, 0.4) is 0 Å². The van der Waals surface area contributed by atoms with E-state index in [0.29, 0.717) is 45.9 Å². The van der Waals surface area contributed by atoms with Gasteiger partial charge in [0.25, 0.3) is 5.91 Å². The predicted octanol–water partition coefficient (Wildman–Crippen LogP) is 8.38. The highest BCUT2D eigenvalue weighted by Crippen LogP contribution is 2.32. The number of halogens is 3. The van der Waals surface area contributed by atoms with Gasteiger partial charge in [-0.3, -0.25) is 9.52 Å². The third-order valence-electron chi connectivity index (χ3n) is 7.40. The summed E-state index contributed by atoms with van der Waals surface area (Å²) in [5.74, 6) is -0.916. The number of hydrogen-bond donors (Lipinski definition) is 2. The van der Waals surface area contributed by atoms with Crippen molar-refractivity contribution in [3.05, 3.63) is 116 Å². The van der Waals surface area contributed by atoms with E-state index in [9.17, 15) is 14.9 Å². The van der Waals surface area contributed by atoms with Crippen molar-refractivity contribution >= 4 is 63.0 Å². The molecule has 0 saturated heterocycles. The van der Waals surface area contributed by atoms with E-state index in [1.54, 1.807) is 36.8 Å². The van der Waals surface area contributed by atoms with E-state index in [1.165, 1.54) is 0 Å². The van der Waals surface area contributed by atoms with Gasteiger partial charge in [0.2, 0.25) is 0 Å². The molecule has 2 N–H and O–H groups in total. The molecule has 0 aliphatic heterocycles. The van der Waals surface area contributed by atoms with E-state index in [0.717, 1.165) is 44.7 Å². The first kappa shape index (κ1) is 34.5. The third kappa shape index (κ3) is 9.35. The quantitative estimate of drug-likeness (QED) is 0.106. The summed E-state index contributed by atoms with van der Waals surface area (Å²) in [4.78, 5) is 33.4. The van der Waals surface area contributed by atoms with Gasteiger partial charge in [-0.1, -0.05) is 79.9 Å². The molecule has 1 heterocycles. The first-order valence-electron chi connectivity index (χ1n) is 14.4. The Labute approximate surface area is 286 Å². The number of amides is 3. The topological polar surface area (TPSA) is 103 Å². The minimum atomic E-state index is -0.850. The Morgan fingerprint density at radius 2 is 1.87 bits per heavy atom. The number of benzene rings is 3. The zero-order valence-electron chi connectivity index (χ0n) is 24.8. The molecule has 8 nitrogen and oxygen atoms in total. The molecule has 1 unspecified atom stereocenters. The summed E-state index contributed by atoms with van der Waals surface area (Å²) in [6, 6.07) is 21.5. The lowest BCUT2D eigenvalue weighted by atomic mass is 9.95. The van der Waals surface area contributed by atoms with Gasteiger partial charge in [-0.25, -0.2) is 15.2 Å². The fourth-order valence-electron chi connectivity index (χ4n) is 4.58. The molecule has 0 spiro atoms. The molecule has 0 aliphatic carbocycles. The predicted molar refractivity (Wildman–Crippen MR) is 183 cm³/mol. The smallest absolute Gasteiger partial charge is 0.329 e. The number of aromatic nitrogens is 2. The monoisotopic (exact) mass is 726 g/mol. The molecule has 0 aliphatic rings. The number of imidazole rings is 1. The minimum absolute atomic E-state index is 0.172. The number of urea groups is 1. The normalized spacial score (nSPS) is 12.3. The van der Waals surface area contributed by atoms with Gasteiger partial charge in [-0.15, -0.1) is 0 Å². The van der Waals surface area contributed by atoms with Gasteiger partial charge >= 0.3 is 6.03 Å². The number of rotatable bonds is 13. The van der Waals surface area contributed by atoms with Crippen LogP contribution in [0.15, 0.2) is 88.6 Å². The lowest BCUT2D eigenvalue weighted by Crippen LogP contribution is -2.52. The van der Waals surface area contributed by atoms with E-state index >= 15 is 0 Å². The molecular weight excluding hydrogens is 695 g/mol. The van der Waals surface area contributed by atoms with Crippen LogP contribution in [0.2, 0.25) is 10.0 Å². The van der Waals surface area contributed by atoms with Crippen molar-refractivity contribution < 1.29 is 9.59 Å². The number of carbonyl (C=O) groups excluding carboxylic acids is 2. The number of hydrazine groups is 1. The second-order valence-corrected chi connectivity index (χ2v) is 13.0. The van der Waals surface area contributed by atoms with Gasteiger partial charge in [0.15, 0.2) is 0 Å². The number of carbonyl (C=O) groups is 2. The average molecular weight is 729 g/mol. The maximum atomic E-state index is 14.5. The van der Waals surface area contributed by atoms with Gasteiger partial charge < -0.3 is 4.57 Å². The Kier molecular flexibility index (Phi) is 12.9. The Morgan fingerprint density at radius 1 is 1.11 bits per heavy atom. The Bertz CT molecular complexity index is 1660. The van der Waals surface area contributed by atoms with E-state index in [2.05, 4.69) is 51.0 Å². The summed E-state index contributed by atoms with van der Waals surface area (Å²) in [5.41, 5.74) is 5.84. The highest BCUT2D eigenvalue weighted by atomic mass is 79.9. The third-order valence-corrected chi connectivity index (χ3v) is 10.1. The highest BCUT2D eigenvalue weighted by molar-refractivity contribution is 9.10. The van der Waals surface area contributed by atoms with Crippen LogP contribution in [-0.4, -0.2) is 33.0 Å². The zero-order valence-corrected chi connectivity index (χ0v) is 28.8. The second-order valence-electron chi connectivity index (χ2n) is 10.5. The van der Waals surface area contributed by atoms with Crippen molar-refractivity contribution in [2.45, 2.75) is 50.5 Å². The van der Waals surface area contributed by atoms with Crippen molar-refractivity contribution in [2.24, 2.45) is 5.92 Å². The molecule has 234 valence electrons. The standard InChI is InChI=1S/C33H33BrCl2N6O2S/c1-3-22(2)15-16-39-42(33(44)40-45-30-10-5-4-8-27(30)34)32(43)26(17-25-7-6-9-28(35)31(25)36)29-19-38-21-41(29)20-24-13-11-23(18-37)12-14-24/h4-14,19,21-22,26,39H,3,15-17,20H2,1-2H3,(H,40,44)/t22-,26?/m0/s1. The van der Waals surface area contributed by atoms with Crippen LogP contribution in [0.25, 0.3) is 0 Å². The largest absolute Gasteiger partial charge is 0.349 e. The maximum Gasteiger partial charge on any atom is 0.349 e. The number of nitrogens with zero attached hydrogens (tertiary/aromatic N) is 4. The van der Waals surface area contributed by atoms with Crippen LogP contribution in [0.5, 0.6) is 0 Å². The molecule has 0 bridgehead atoms. The summed E-state index contributed by atoms with van der Waals surface area (Å²) in [5, 5.41) is 11.0. The SMILES string of the molecule is CC[C@H](C)CCNN(C(=O)NSc1ccccc1Br)C(=O)C(Cc1cccc(Cl)c1Cl)c1cncn1Cc1ccc(C#N)cc1. The molecule has 4 aromatic rings. The summed E-state index contributed by atoms with van der Waals surface area (Å²) >= 11 is 17.6. The minimum Gasteiger partial charge on any atom is -0.329 e. The summed E-state index contributed by atoms with van der Waals surface area (Å²) in [7, 11) is 0. The van der Waals surface area contributed by atoms with E-state index in [4.69, 9.17) is 23.2 Å². The molecule has 0 fully saturated rings. The van der Waals surface area contributed by atoms with Crippen molar-refractivity contribution in [1.82, 2.24) is 24.7 Å². The molecule has 4 rings (SSSR count). The van der Waals surface area contributed by atoms with Gasteiger partial charge in [-0.05, 0) is 88.1 Å². The molecular formula is C33H33BrCl2N6O2S. The Balaban J connectivity index is 1.69. The van der Waals surface area contributed by atoms with Gasteiger partial charge in [-0.2, -0.15) is 10.3 Å². The van der Waals surface area contributed by atoms with E-state index in [-0.39, 0.29) is 6.42 Å². The van der Waals surface area contributed by atoms with Gasteiger partial charge in [0.1, 0.15) is 0 Å². The molecule has 3 aromatic carbocycles.